The zero-order valence-electron chi connectivity index (χ0n) is 16.1. The van der Waals surface area contributed by atoms with Crippen LogP contribution >= 0.6 is 11.6 Å². The average Bonchev–Trinajstić information content (AvgIpc) is 3.31. The topological polar surface area (TPSA) is 50.5 Å². The van der Waals surface area contributed by atoms with Gasteiger partial charge in [-0.2, -0.15) is 10.2 Å². The Morgan fingerprint density at radius 1 is 1.17 bits per heavy atom. The van der Waals surface area contributed by atoms with Gasteiger partial charge in [0.05, 0.1) is 18.1 Å². The minimum absolute atomic E-state index is 0.178. The van der Waals surface area contributed by atoms with E-state index in [9.17, 15) is 13.6 Å². The van der Waals surface area contributed by atoms with Crippen molar-refractivity contribution in [2.45, 2.75) is 31.8 Å². The Bertz CT molecular complexity index is 1140. The molecule has 2 heterocycles. The lowest BCUT2D eigenvalue weighted by Crippen LogP contribution is -2.27. The average molecular weight is 429 g/mol. The molecule has 3 aromatic rings. The highest BCUT2D eigenvalue weighted by Crippen LogP contribution is 2.30. The van der Waals surface area contributed by atoms with Gasteiger partial charge in [0.25, 0.3) is 0 Å². The van der Waals surface area contributed by atoms with Crippen molar-refractivity contribution < 1.29 is 13.6 Å². The molecule has 1 aromatic heterocycles. The van der Waals surface area contributed by atoms with Crippen LogP contribution in [-0.4, -0.2) is 26.9 Å². The van der Waals surface area contributed by atoms with E-state index >= 15 is 0 Å². The summed E-state index contributed by atoms with van der Waals surface area (Å²) in [6.07, 6.45) is 2.60. The molecule has 30 heavy (non-hydrogen) atoms. The van der Waals surface area contributed by atoms with Crippen molar-refractivity contribution in [1.29, 1.82) is 0 Å². The van der Waals surface area contributed by atoms with Crippen molar-refractivity contribution in [3.63, 3.8) is 0 Å². The number of para-hydroxylation sites is 1. The summed E-state index contributed by atoms with van der Waals surface area (Å²) in [5.74, 6) is -1.59. The summed E-state index contributed by atoms with van der Waals surface area (Å²) in [5.41, 5.74) is 2.09. The van der Waals surface area contributed by atoms with Gasteiger partial charge in [0.15, 0.2) is 5.15 Å². The Hall–Kier alpha value is -3.06. The van der Waals surface area contributed by atoms with E-state index in [1.807, 2.05) is 24.3 Å². The van der Waals surface area contributed by atoms with Gasteiger partial charge < -0.3 is 0 Å². The number of aromatic nitrogens is 2. The lowest BCUT2D eigenvalue weighted by Gasteiger charge is -2.22. The number of carbonyl (C=O) groups is 1. The fraction of sp³-hybridized carbons (Fsp3) is 0.227. The third-order valence-electron chi connectivity index (χ3n) is 5.03. The molecule has 0 spiro atoms. The highest BCUT2D eigenvalue weighted by Gasteiger charge is 2.28. The Kier molecular flexibility index (Phi) is 5.63. The molecule has 8 heteroatoms. The number of fused-ring (bicyclic) bond motifs is 1. The van der Waals surface area contributed by atoms with E-state index in [4.69, 9.17) is 11.6 Å². The van der Waals surface area contributed by atoms with E-state index in [0.717, 1.165) is 22.5 Å². The minimum atomic E-state index is -0.678. The molecule has 1 unspecified atom stereocenters. The maximum absolute atomic E-state index is 13.6. The quantitative estimate of drug-likeness (QED) is 0.502. The normalized spacial score (nSPS) is 15.8. The lowest BCUT2D eigenvalue weighted by molar-refractivity contribution is -0.133. The molecule has 0 aliphatic carbocycles. The fourth-order valence-electron chi connectivity index (χ4n) is 3.59. The van der Waals surface area contributed by atoms with Crippen molar-refractivity contribution in [3.05, 3.63) is 77.0 Å². The van der Waals surface area contributed by atoms with Crippen LogP contribution in [0, 0.1) is 11.6 Å². The largest absolute Gasteiger partial charge is 0.273 e. The van der Waals surface area contributed by atoms with Crippen LogP contribution in [0.5, 0.6) is 0 Å². The van der Waals surface area contributed by atoms with E-state index in [1.165, 1.54) is 17.1 Å². The Morgan fingerprint density at radius 2 is 1.90 bits per heavy atom. The molecular weight excluding hydrogens is 410 g/mol. The van der Waals surface area contributed by atoms with Crippen molar-refractivity contribution in [2.75, 3.05) is 0 Å². The number of hydrogen-bond acceptors (Lipinski definition) is 3. The number of hydrazone groups is 1. The molecule has 5 nitrogen and oxygen atoms in total. The van der Waals surface area contributed by atoms with E-state index in [2.05, 4.69) is 16.8 Å². The molecule has 1 aliphatic heterocycles. The fourth-order valence-corrected chi connectivity index (χ4v) is 3.85. The third-order valence-corrected chi connectivity index (χ3v) is 5.31. The first-order chi connectivity index (χ1) is 14.4. The SMILES string of the molecule is C=C(CCC(=O)N1N=CCC1c1cc(F)cc(F)c1)Cn1nc(Cl)c2ccccc21. The highest BCUT2D eigenvalue weighted by atomic mass is 35.5. The van der Waals surface area contributed by atoms with Crippen LogP contribution in [0.1, 0.15) is 30.9 Å². The molecule has 0 saturated heterocycles. The Balaban J connectivity index is 1.40. The maximum atomic E-state index is 13.6. The Morgan fingerprint density at radius 3 is 2.67 bits per heavy atom. The summed E-state index contributed by atoms with van der Waals surface area (Å²) in [6, 6.07) is 10.4. The molecule has 0 bridgehead atoms. The van der Waals surface area contributed by atoms with E-state index in [-0.39, 0.29) is 12.3 Å². The van der Waals surface area contributed by atoms with Gasteiger partial charge in [-0.05, 0) is 36.2 Å². The molecule has 154 valence electrons. The first-order valence-electron chi connectivity index (χ1n) is 9.50. The smallest absolute Gasteiger partial charge is 0.243 e. The molecular formula is C22H19ClF2N4O. The van der Waals surface area contributed by atoms with Crippen LogP contribution < -0.4 is 0 Å². The van der Waals surface area contributed by atoms with Crippen molar-refractivity contribution in [3.8, 4) is 0 Å². The number of benzene rings is 2. The van der Waals surface area contributed by atoms with Crippen LogP contribution in [0.3, 0.4) is 0 Å². The van der Waals surface area contributed by atoms with Gasteiger partial charge in [-0.15, -0.1) is 0 Å². The predicted molar refractivity (Wildman–Crippen MR) is 112 cm³/mol. The molecule has 0 radical (unpaired) electrons. The number of hydrogen-bond donors (Lipinski definition) is 0. The van der Waals surface area contributed by atoms with E-state index in [1.54, 1.807) is 10.9 Å². The second kappa shape index (κ2) is 8.36. The van der Waals surface area contributed by atoms with Gasteiger partial charge in [0.2, 0.25) is 5.91 Å². The summed E-state index contributed by atoms with van der Waals surface area (Å²) < 4.78 is 28.9. The van der Waals surface area contributed by atoms with Gasteiger partial charge in [-0.25, -0.2) is 13.8 Å². The second-order valence-corrected chi connectivity index (χ2v) is 7.56. The van der Waals surface area contributed by atoms with Gasteiger partial charge in [0.1, 0.15) is 11.6 Å². The molecule has 4 rings (SSSR count). The minimum Gasteiger partial charge on any atom is -0.273 e. The summed E-state index contributed by atoms with van der Waals surface area (Å²) >= 11 is 6.18. The highest BCUT2D eigenvalue weighted by molar-refractivity contribution is 6.34. The monoisotopic (exact) mass is 428 g/mol. The molecule has 1 aliphatic rings. The predicted octanol–water partition coefficient (Wildman–Crippen LogP) is 5.26. The lowest BCUT2D eigenvalue weighted by atomic mass is 10.0. The van der Waals surface area contributed by atoms with Gasteiger partial charge in [-0.3, -0.25) is 9.48 Å². The van der Waals surface area contributed by atoms with E-state index < -0.39 is 17.7 Å². The molecule has 0 saturated carbocycles. The number of halogens is 3. The summed E-state index contributed by atoms with van der Waals surface area (Å²) in [7, 11) is 0. The van der Waals surface area contributed by atoms with Gasteiger partial charge in [-0.1, -0.05) is 35.9 Å². The van der Waals surface area contributed by atoms with Crippen LogP contribution in [-0.2, 0) is 11.3 Å². The van der Waals surface area contributed by atoms with Crippen molar-refractivity contribution in [2.24, 2.45) is 5.10 Å². The van der Waals surface area contributed by atoms with Crippen molar-refractivity contribution >= 4 is 34.6 Å². The van der Waals surface area contributed by atoms with Crippen LogP contribution in [0.15, 0.2) is 59.7 Å². The number of amides is 1. The van der Waals surface area contributed by atoms with Gasteiger partial charge in [0, 0.05) is 30.5 Å². The summed E-state index contributed by atoms with van der Waals surface area (Å²) in [6.45, 7) is 4.49. The first kappa shape index (κ1) is 20.2. The van der Waals surface area contributed by atoms with Crippen LogP contribution in [0.2, 0.25) is 5.15 Å². The number of carbonyl (C=O) groups excluding carboxylic acids is 1. The molecule has 1 amide bonds. The zero-order chi connectivity index (χ0) is 21.3. The number of rotatable bonds is 6. The van der Waals surface area contributed by atoms with Crippen LogP contribution in [0.4, 0.5) is 8.78 Å². The number of nitrogens with zero attached hydrogens (tertiary/aromatic N) is 4. The van der Waals surface area contributed by atoms with E-state index in [0.29, 0.717) is 30.1 Å². The van der Waals surface area contributed by atoms with Crippen molar-refractivity contribution in [1.82, 2.24) is 14.8 Å². The zero-order valence-corrected chi connectivity index (χ0v) is 16.8. The molecule has 1 atom stereocenters. The van der Waals surface area contributed by atoms with Crippen LogP contribution in [0.25, 0.3) is 10.9 Å². The third kappa shape index (κ3) is 4.11. The molecule has 0 N–H and O–H groups in total. The maximum Gasteiger partial charge on any atom is 0.243 e. The molecule has 2 aromatic carbocycles. The van der Waals surface area contributed by atoms with Gasteiger partial charge >= 0.3 is 0 Å². The standard InChI is InChI=1S/C22H19ClF2N4O/c1-14(13-28-20-5-3-2-4-18(20)22(23)27-28)6-7-21(30)29-19(8-9-26-29)15-10-16(24)12-17(25)11-15/h2-5,9-12,19H,1,6-8,13H2. The summed E-state index contributed by atoms with van der Waals surface area (Å²) in [5, 5.41) is 11.0. The number of allylic oxidation sites excluding steroid dienone is 1. The summed E-state index contributed by atoms with van der Waals surface area (Å²) in [4.78, 5) is 12.7. The first-order valence-corrected chi connectivity index (χ1v) is 9.88. The second-order valence-electron chi connectivity index (χ2n) is 7.21. The Labute approximate surface area is 177 Å². The molecule has 0 fully saturated rings.